The lowest BCUT2D eigenvalue weighted by molar-refractivity contribution is 0.111. The zero-order chi connectivity index (χ0) is 15.4. The Hall–Kier alpha value is -1.43. The molecule has 6 heteroatoms. The van der Waals surface area contributed by atoms with Gasteiger partial charge in [-0.15, -0.1) is 5.10 Å². The van der Waals surface area contributed by atoms with Gasteiger partial charge in [0.05, 0.1) is 17.6 Å². The second kappa shape index (κ2) is 7.22. The SMILES string of the molecule is OCCC1CCCCN1Cc1cn(-c2ccc(Cl)cc2)nn1. The van der Waals surface area contributed by atoms with Crippen LogP contribution in [0.4, 0.5) is 0 Å². The van der Waals surface area contributed by atoms with Crippen LogP contribution in [-0.2, 0) is 6.54 Å². The average molecular weight is 321 g/mol. The Kier molecular flexibility index (Phi) is 5.08. The number of likely N-dealkylation sites (tertiary alicyclic amines) is 1. The van der Waals surface area contributed by atoms with Crippen LogP contribution in [0.5, 0.6) is 0 Å². The summed E-state index contributed by atoms with van der Waals surface area (Å²) in [5, 5.41) is 18.4. The number of nitrogens with zero attached hydrogens (tertiary/aromatic N) is 4. The first-order valence-electron chi connectivity index (χ1n) is 7.78. The Balaban J connectivity index is 1.69. The van der Waals surface area contributed by atoms with E-state index in [0.717, 1.165) is 37.3 Å². The van der Waals surface area contributed by atoms with Gasteiger partial charge >= 0.3 is 0 Å². The molecule has 3 rings (SSSR count). The predicted molar refractivity (Wildman–Crippen MR) is 86.1 cm³/mol. The van der Waals surface area contributed by atoms with Crippen molar-refractivity contribution in [2.75, 3.05) is 13.2 Å². The van der Waals surface area contributed by atoms with Gasteiger partial charge in [-0.2, -0.15) is 0 Å². The van der Waals surface area contributed by atoms with Crippen molar-refractivity contribution in [1.29, 1.82) is 0 Å². The summed E-state index contributed by atoms with van der Waals surface area (Å²) >= 11 is 5.91. The molecule has 2 heterocycles. The molecule has 0 amide bonds. The van der Waals surface area contributed by atoms with E-state index in [-0.39, 0.29) is 6.61 Å². The predicted octanol–water partition coefficient (Wildman–Crippen LogP) is 2.66. The van der Waals surface area contributed by atoms with Gasteiger partial charge in [-0.25, -0.2) is 4.68 Å². The molecule has 1 fully saturated rings. The van der Waals surface area contributed by atoms with Crippen molar-refractivity contribution in [3.63, 3.8) is 0 Å². The average Bonchev–Trinajstić information content (AvgIpc) is 2.99. The fourth-order valence-electron chi connectivity index (χ4n) is 3.04. The number of hydrogen-bond donors (Lipinski definition) is 1. The number of rotatable bonds is 5. The van der Waals surface area contributed by atoms with Crippen molar-refractivity contribution in [3.8, 4) is 5.69 Å². The Labute approximate surface area is 135 Å². The van der Waals surface area contributed by atoms with Crippen LogP contribution >= 0.6 is 11.6 Å². The summed E-state index contributed by atoms with van der Waals surface area (Å²) in [6.07, 6.45) is 6.43. The highest BCUT2D eigenvalue weighted by Crippen LogP contribution is 2.21. The number of piperidine rings is 1. The summed E-state index contributed by atoms with van der Waals surface area (Å²) in [5.74, 6) is 0. The summed E-state index contributed by atoms with van der Waals surface area (Å²) < 4.78 is 1.77. The highest BCUT2D eigenvalue weighted by Gasteiger charge is 2.22. The summed E-state index contributed by atoms with van der Waals surface area (Å²) in [4.78, 5) is 2.41. The molecule has 1 unspecified atom stereocenters. The third kappa shape index (κ3) is 3.66. The van der Waals surface area contributed by atoms with Crippen molar-refractivity contribution in [2.45, 2.75) is 38.3 Å². The maximum absolute atomic E-state index is 9.21. The first-order valence-corrected chi connectivity index (χ1v) is 8.16. The topological polar surface area (TPSA) is 54.2 Å². The Morgan fingerprint density at radius 1 is 1.23 bits per heavy atom. The number of aliphatic hydroxyl groups excluding tert-OH is 1. The highest BCUT2D eigenvalue weighted by molar-refractivity contribution is 6.30. The second-order valence-electron chi connectivity index (χ2n) is 5.76. The molecule has 1 aromatic heterocycles. The quantitative estimate of drug-likeness (QED) is 0.920. The van der Waals surface area contributed by atoms with E-state index in [1.54, 1.807) is 4.68 Å². The van der Waals surface area contributed by atoms with Gasteiger partial charge in [-0.05, 0) is 50.1 Å². The lowest BCUT2D eigenvalue weighted by Crippen LogP contribution is -2.39. The number of halogens is 1. The van der Waals surface area contributed by atoms with Gasteiger partial charge in [0.2, 0.25) is 0 Å². The summed E-state index contributed by atoms with van der Waals surface area (Å²) in [5.41, 5.74) is 1.91. The Morgan fingerprint density at radius 2 is 2.05 bits per heavy atom. The van der Waals surface area contributed by atoms with Crippen LogP contribution in [0.1, 0.15) is 31.4 Å². The Morgan fingerprint density at radius 3 is 2.82 bits per heavy atom. The Bertz CT molecular complexity index is 596. The lowest BCUT2D eigenvalue weighted by Gasteiger charge is -2.34. The fraction of sp³-hybridized carbons (Fsp3) is 0.500. The van der Waals surface area contributed by atoms with E-state index in [1.807, 2.05) is 30.5 Å². The normalized spacial score (nSPS) is 19.5. The molecule has 1 aliphatic heterocycles. The first kappa shape index (κ1) is 15.5. The first-order chi connectivity index (χ1) is 10.8. The molecule has 0 radical (unpaired) electrons. The zero-order valence-electron chi connectivity index (χ0n) is 12.5. The maximum Gasteiger partial charge on any atom is 0.0971 e. The number of aliphatic hydroxyl groups is 1. The summed E-state index contributed by atoms with van der Waals surface area (Å²) in [6.45, 7) is 2.11. The standard InChI is InChI=1S/C16H21ClN4O/c17-13-4-6-16(7-5-13)21-12-14(18-19-21)11-20-9-2-1-3-15(20)8-10-22/h4-7,12,15,22H,1-3,8-11H2. The van der Waals surface area contributed by atoms with Crippen molar-refractivity contribution in [3.05, 3.63) is 41.2 Å². The second-order valence-corrected chi connectivity index (χ2v) is 6.20. The van der Waals surface area contributed by atoms with Crippen molar-refractivity contribution in [1.82, 2.24) is 19.9 Å². The molecule has 0 saturated carbocycles. The van der Waals surface area contributed by atoms with E-state index < -0.39 is 0 Å². The van der Waals surface area contributed by atoms with E-state index >= 15 is 0 Å². The van der Waals surface area contributed by atoms with Crippen molar-refractivity contribution >= 4 is 11.6 Å². The van der Waals surface area contributed by atoms with Gasteiger partial charge in [0.1, 0.15) is 0 Å². The van der Waals surface area contributed by atoms with Crippen molar-refractivity contribution < 1.29 is 5.11 Å². The molecule has 5 nitrogen and oxygen atoms in total. The van der Waals surface area contributed by atoms with Crippen LogP contribution in [0.3, 0.4) is 0 Å². The molecule has 1 atom stereocenters. The zero-order valence-corrected chi connectivity index (χ0v) is 13.3. The molecule has 0 aliphatic carbocycles. The van der Waals surface area contributed by atoms with Crippen LogP contribution in [-0.4, -0.2) is 44.2 Å². The molecule has 1 N–H and O–H groups in total. The van der Waals surface area contributed by atoms with E-state index in [9.17, 15) is 5.11 Å². The third-order valence-corrected chi connectivity index (χ3v) is 4.46. The number of aromatic nitrogens is 3. The third-order valence-electron chi connectivity index (χ3n) is 4.21. The van der Waals surface area contributed by atoms with Gasteiger partial charge in [0, 0.05) is 24.2 Å². The molecule has 1 aliphatic rings. The van der Waals surface area contributed by atoms with Gasteiger partial charge in [0.15, 0.2) is 0 Å². The van der Waals surface area contributed by atoms with Gasteiger partial charge < -0.3 is 5.11 Å². The summed E-state index contributed by atoms with van der Waals surface area (Å²) in [6, 6.07) is 8.01. The lowest BCUT2D eigenvalue weighted by atomic mass is 9.99. The van der Waals surface area contributed by atoms with Crippen LogP contribution in [0.25, 0.3) is 5.69 Å². The van der Waals surface area contributed by atoms with E-state index in [4.69, 9.17) is 11.6 Å². The molecule has 118 valence electrons. The largest absolute Gasteiger partial charge is 0.396 e. The molecular formula is C16H21ClN4O. The minimum atomic E-state index is 0.249. The fourth-order valence-corrected chi connectivity index (χ4v) is 3.17. The maximum atomic E-state index is 9.21. The number of benzene rings is 1. The molecule has 22 heavy (non-hydrogen) atoms. The van der Waals surface area contributed by atoms with E-state index in [1.165, 1.54) is 12.8 Å². The minimum Gasteiger partial charge on any atom is -0.396 e. The van der Waals surface area contributed by atoms with E-state index in [2.05, 4.69) is 15.2 Å². The van der Waals surface area contributed by atoms with Crippen LogP contribution < -0.4 is 0 Å². The van der Waals surface area contributed by atoms with Gasteiger partial charge in [0.25, 0.3) is 0 Å². The number of hydrogen-bond acceptors (Lipinski definition) is 4. The van der Waals surface area contributed by atoms with Crippen LogP contribution in [0, 0.1) is 0 Å². The van der Waals surface area contributed by atoms with Gasteiger partial charge in [-0.1, -0.05) is 23.2 Å². The minimum absolute atomic E-state index is 0.249. The molecule has 1 saturated heterocycles. The molecule has 1 aromatic carbocycles. The highest BCUT2D eigenvalue weighted by atomic mass is 35.5. The molecule has 2 aromatic rings. The molecular weight excluding hydrogens is 300 g/mol. The van der Waals surface area contributed by atoms with E-state index in [0.29, 0.717) is 11.1 Å². The summed E-state index contributed by atoms with van der Waals surface area (Å²) in [7, 11) is 0. The monoisotopic (exact) mass is 320 g/mol. The van der Waals surface area contributed by atoms with Crippen LogP contribution in [0.15, 0.2) is 30.5 Å². The van der Waals surface area contributed by atoms with Crippen LogP contribution in [0.2, 0.25) is 5.02 Å². The van der Waals surface area contributed by atoms with Crippen molar-refractivity contribution in [2.24, 2.45) is 0 Å². The molecule has 0 bridgehead atoms. The smallest absolute Gasteiger partial charge is 0.0971 e. The van der Waals surface area contributed by atoms with Gasteiger partial charge in [-0.3, -0.25) is 4.90 Å². The molecule has 0 spiro atoms.